The van der Waals surface area contributed by atoms with Crippen LogP contribution in [0.3, 0.4) is 0 Å². The van der Waals surface area contributed by atoms with Crippen LogP contribution >= 0.6 is 0 Å². The first-order chi connectivity index (χ1) is 11.8. The van der Waals surface area contributed by atoms with Gasteiger partial charge in [0.15, 0.2) is 0 Å². The van der Waals surface area contributed by atoms with Gasteiger partial charge in [-0.2, -0.15) is 5.10 Å². The summed E-state index contributed by atoms with van der Waals surface area (Å²) in [5.41, 5.74) is 11.2. The van der Waals surface area contributed by atoms with Crippen molar-refractivity contribution < 1.29 is 4.74 Å². The Morgan fingerprint density at radius 3 is 2.92 bits per heavy atom. The number of hydrogen-bond donors (Lipinski definition) is 1. The second-order valence-corrected chi connectivity index (χ2v) is 6.63. The number of nitrogens with zero attached hydrogens (tertiary/aromatic N) is 4. The molecule has 1 saturated heterocycles. The van der Waals surface area contributed by atoms with Crippen LogP contribution in [0.4, 0.5) is 5.69 Å². The van der Waals surface area contributed by atoms with Gasteiger partial charge in [0.1, 0.15) is 5.52 Å². The first kappa shape index (κ1) is 14.1. The number of nitrogens with one attached hydrogen (secondary N) is 1. The second kappa shape index (κ2) is 5.36. The van der Waals surface area contributed by atoms with E-state index in [9.17, 15) is 0 Å². The maximum Gasteiger partial charge on any atom is 0.119 e. The minimum Gasteiger partial charge on any atom is -0.381 e. The molecule has 4 aliphatic rings. The molecule has 0 aromatic carbocycles. The van der Waals surface area contributed by atoms with E-state index in [0.717, 1.165) is 60.4 Å². The number of hydrazine groups is 1. The monoisotopic (exact) mass is 321 g/mol. The summed E-state index contributed by atoms with van der Waals surface area (Å²) in [5.74, 6) is 0. The molecule has 6 nitrogen and oxygen atoms in total. The van der Waals surface area contributed by atoms with Crippen molar-refractivity contribution in [3.8, 4) is 11.1 Å². The van der Waals surface area contributed by atoms with E-state index in [1.54, 1.807) is 6.20 Å². The highest BCUT2D eigenvalue weighted by Crippen LogP contribution is 2.42. The molecule has 0 unspecified atom stereocenters. The first-order valence-electron chi connectivity index (χ1n) is 8.45. The summed E-state index contributed by atoms with van der Waals surface area (Å²) in [6.07, 6.45) is 5.91. The summed E-state index contributed by atoms with van der Waals surface area (Å²) in [6.45, 7) is 4.56. The minimum absolute atomic E-state index is 0.498. The third-order valence-corrected chi connectivity index (χ3v) is 5.12. The number of aromatic nitrogens is 3. The molecule has 0 saturated carbocycles. The Morgan fingerprint density at radius 1 is 1.17 bits per heavy atom. The maximum atomic E-state index is 5.50. The van der Waals surface area contributed by atoms with Gasteiger partial charge in [-0.3, -0.25) is 4.98 Å². The zero-order valence-corrected chi connectivity index (χ0v) is 13.6. The topological polar surface area (TPSA) is 63.2 Å². The predicted molar refractivity (Wildman–Crippen MR) is 91.7 cm³/mol. The number of hydrogen-bond acceptors (Lipinski definition) is 6. The zero-order valence-electron chi connectivity index (χ0n) is 13.6. The van der Waals surface area contributed by atoms with Crippen molar-refractivity contribution >= 4 is 16.7 Å². The average molecular weight is 321 g/mol. The number of aryl methyl sites for hydroxylation is 1. The van der Waals surface area contributed by atoms with Gasteiger partial charge in [-0.25, -0.2) is 5.01 Å². The van der Waals surface area contributed by atoms with E-state index < -0.39 is 0 Å². The molecule has 1 aromatic heterocycles. The van der Waals surface area contributed by atoms with Crippen LogP contribution in [0.2, 0.25) is 0 Å². The lowest BCUT2D eigenvalue weighted by atomic mass is 10.0. The van der Waals surface area contributed by atoms with Crippen LogP contribution < -0.4 is 5.43 Å². The van der Waals surface area contributed by atoms with Crippen LogP contribution in [-0.4, -0.2) is 39.4 Å². The van der Waals surface area contributed by atoms with Crippen LogP contribution in [-0.2, 0) is 11.3 Å². The molecule has 4 heterocycles. The standard InChI is InChI=1S/C18H19N5O/c1-11-8-20-21-18-14-2-3-15-16(14)12(9-19-17(11)18)10-23(22-15)13-4-6-24-7-5-13/h2-3,8-9,13,22H,4-7,10H2,1H3. The molecule has 0 radical (unpaired) electrons. The Morgan fingerprint density at radius 2 is 2.04 bits per heavy atom. The van der Waals surface area contributed by atoms with E-state index >= 15 is 0 Å². The van der Waals surface area contributed by atoms with Crippen molar-refractivity contribution in [2.75, 3.05) is 18.6 Å². The van der Waals surface area contributed by atoms with Crippen molar-refractivity contribution in [3.05, 3.63) is 35.7 Å². The summed E-state index contributed by atoms with van der Waals surface area (Å²) >= 11 is 0. The molecule has 3 aliphatic heterocycles. The van der Waals surface area contributed by atoms with E-state index in [2.05, 4.69) is 32.8 Å². The number of rotatable bonds is 1. The lowest BCUT2D eigenvalue weighted by molar-refractivity contribution is 0.0396. The average Bonchev–Trinajstić information content (AvgIpc) is 2.97. The van der Waals surface area contributed by atoms with Crippen molar-refractivity contribution in [1.29, 1.82) is 0 Å². The smallest absolute Gasteiger partial charge is 0.119 e. The van der Waals surface area contributed by atoms with Crippen molar-refractivity contribution in [2.45, 2.75) is 32.4 Å². The summed E-state index contributed by atoms with van der Waals surface area (Å²) in [4.78, 5) is 4.74. The van der Waals surface area contributed by atoms with Crippen LogP contribution in [0, 0.1) is 6.92 Å². The molecule has 1 aliphatic carbocycles. The van der Waals surface area contributed by atoms with Crippen LogP contribution in [0.15, 0.2) is 24.5 Å². The molecule has 1 aromatic rings. The van der Waals surface area contributed by atoms with Gasteiger partial charge >= 0.3 is 0 Å². The molecule has 0 bridgehead atoms. The lowest BCUT2D eigenvalue weighted by Crippen LogP contribution is -2.44. The highest BCUT2D eigenvalue weighted by atomic mass is 16.5. The van der Waals surface area contributed by atoms with Gasteiger partial charge < -0.3 is 10.2 Å². The number of fused-ring (bicyclic) bond motifs is 2. The molecule has 0 atom stereocenters. The Balaban J connectivity index is 1.63. The largest absolute Gasteiger partial charge is 0.381 e. The second-order valence-electron chi connectivity index (χ2n) is 6.63. The van der Waals surface area contributed by atoms with Gasteiger partial charge in [0.25, 0.3) is 0 Å². The van der Waals surface area contributed by atoms with E-state index in [1.807, 2.05) is 13.1 Å². The number of anilines is 1. The molecule has 6 heteroatoms. The van der Waals surface area contributed by atoms with Crippen LogP contribution in [0.25, 0.3) is 22.2 Å². The SMILES string of the molecule is Cc1cnnc2c3ccc4c-3c(cnc12)CN(C1CCOCC1)N4. The van der Waals surface area contributed by atoms with Crippen molar-refractivity contribution in [1.82, 2.24) is 20.2 Å². The highest BCUT2D eigenvalue weighted by Gasteiger charge is 2.29. The fourth-order valence-corrected chi connectivity index (χ4v) is 3.85. The Bertz CT molecular complexity index is 890. The maximum absolute atomic E-state index is 5.50. The molecule has 122 valence electrons. The van der Waals surface area contributed by atoms with Crippen LogP contribution in [0.5, 0.6) is 0 Å². The third kappa shape index (κ3) is 2.07. The van der Waals surface area contributed by atoms with Crippen molar-refractivity contribution in [2.24, 2.45) is 0 Å². The zero-order chi connectivity index (χ0) is 16.1. The van der Waals surface area contributed by atoms with Gasteiger partial charge in [0.05, 0.1) is 17.4 Å². The predicted octanol–water partition coefficient (Wildman–Crippen LogP) is 2.76. The Labute approximate surface area is 140 Å². The molecule has 24 heavy (non-hydrogen) atoms. The van der Waals surface area contributed by atoms with E-state index in [4.69, 9.17) is 9.72 Å². The first-order valence-corrected chi connectivity index (χ1v) is 8.45. The summed E-state index contributed by atoms with van der Waals surface area (Å²) in [6, 6.07) is 4.77. The fourth-order valence-electron chi connectivity index (χ4n) is 3.85. The van der Waals surface area contributed by atoms with Gasteiger partial charge in [-0.1, -0.05) is 0 Å². The minimum atomic E-state index is 0.498. The molecule has 0 amide bonds. The molecule has 5 rings (SSSR count). The highest BCUT2D eigenvalue weighted by molar-refractivity contribution is 5.99. The van der Waals surface area contributed by atoms with Gasteiger partial charge in [0, 0.05) is 43.1 Å². The van der Waals surface area contributed by atoms with Crippen molar-refractivity contribution in [3.63, 3.8) is 0 Å². The summed E-state index contributed by atoms with van der Waals surface area (Å²) < 4.78 is 5.50. The fraction of sp³-hybridized carbons (Fsp3) is 0.389. The van der Waals surface area contributed by atoms with E-state index in [-0.39, 0.29) is 0 Å². The van der Waals surface area contributed by atoms with Gasteiger partial charge in [0.2, 0.25) is 0 Å². The van der Waals surface area contributed by atoms with E-state index in [1.165, 1.54) is 11.1 Å². The summed E-state index contributed by atoms with van der Waals surface area (Å²) in [7, 11) is 0. The van der Waals surface area contributed by atoms with Gasteiger partial charge in [-0.05, 0) is 43.0 Å². The molecular formula is C18H19N5O. The summed E-state index contributed by atoms with van der Waals surface area (Å²) in [5, 5.41) is 10.8. The lowest BCUT2D eigenvalue weighted by Gasteiger charge is -2.37. The normalized spacial score (nSPS) is 18.9. The molecular weight excluding hydrogens is 302 g/mol. The number of ether oxygens (including phenoxy) is 1. The van der Waals surface area contributed by atoms with Gasteiger partial charge in [-0.15, -0.1) is 5.10 Å². The molecule has 0 spiro atoms. The van der Waals surface area contributed by atoms with Crippen LogP contribution in [0.1, 0.15) is 24.0 Å². The third-order valence-electron chi connectivity index (χ3n) is 5.12. The van der Waals surface area contributed by atoms with E-state index in [0.29, 0.717) is 6.04 Å². The Hall–Kier alpha value is -2.31. The quantitative estimate of drug-likeness (QED) is 0.743. The molecule has 1 fully saturated rings. The molecule has 1 N–H and O–H groups in total. The Kier molecular flexibility index (Phi) is 3.14.